The molecular weight excluding hydrogens is 552 g/mol. The van der Waals surface area contributed by atoms with Gasteiger partial charge in [-0.2, -0.15) is 0 Å². The number of halogens is 2. The number of hydrogen-bond acceptors (Lipinski definition) is 5. The van der Waals surface area contributed by atoms with E-state index in [4.69, 9.17) is 16.3 Å². The van der Waals surface area contributed by atoms with Crippen LogP contribution in [0.25, 0.3) is 12.2 Å². The van der Waals surface area contributed by atoms with Crippen LogP contribution in [0, 0.1) is 0 Å². The highest BCUT2D eigenvalue weighted by molar-refractivity contribution is 9.10. The van der Waals surface area contributed by atoms with Crippen molar-refractivity contribution < 1.29 is 19.4 Å². The largest absolute Gasteiger partial charge is 0.496 e. The average molecular weight is 574 g/mol. The van der Waals surface area contributed by atoms with Crippen molar-refractivity contribution in [3.05, 3.63) is 92.2 Å². The van der Waals surface area contributed by atoms with E-state index in [9.17, 15) is 14.7 Å². The highest BCUT2D eigenvalue weighted by Gasteiger charge is 2.16. The van der Waals surface area contributed by atoms with E-state index in [-0.39, 0.29) is 11.3 Å². The molecule has 0 bridgehead atoms. The number of hydrogen-bond donors (Lipinski definition) is 3. The van der Waals surface area contributed by atoms with Gasteiger partial charge in [-0.1, -0.05) is 52.3 Å². The Kier molecular flexibility index (Phi) is 9.03. The molecule has 6 nitrogen and oxygen atoms in total. The van der Waals surface area contributed by atoms with E-state index in [0.29, 0.717) is 25.7 Å². The first kappa shape index (κ1) is 26.4. The van der Waals surface area contributed by atoms with Gasteiger partial charge in [0.1, 0.15) is 5.75 Å². The summed E-state index contributed by atoms with van der Waals surface area (Å²) in [6, 6.07) is 13.3. The highest BCUT2D eigenvalue weighted by Crippen LogP contribution is 2.31. The molecule has 0 aliphatic carbocycles. The zero-order valence-corrected chi connectivity index (χ0v) is 22.1. The highest BCUT2D eigenvalue weighted by atomic mass is 79.9. The maximum atomic E-state index is 12.9. The number of anilines is 2. The van der Waals surface area contributed by atoms with E-state index in [2.05, 4.69) is 32.5 Å². The lowest BCUT2D eigenvalue weighted by Crippen LogP contribution is -2.27. The summed E-state index contributed by atoms with van der Waals surface area (Å²) in [6.07, 6.45) is 5.47. The minimum Gasteiger partial charge on any atom is -0.496 e. The van der Waals surface area contributed by atoms with Crippen molar-refractivity contribution in [1.29, 1.82) is 0 Å². The van der Waals surface area contributed by atoms with Crippen molar-refractivity contribution in [1.82, 2.24) is 0 Å². The molecule has 0 saturated carbocycles. The number of aromatic carboxylic acids is 1. The van der Waals surface area contributed by atoms with Crippen molar-refractivity contribution in [2.75, 3.05) is 17.1 Å². The van der Waals surface area contributed by atoms with Gasteiger partial charge in [-0.05, 0) is 67.4 Å². The minimum absolute atomic E-state index is 0.0179. The number of ether oxygens (including phenoxy) is 1. The molecule has 1 amide bonds. The van der Waals surface area contributed by atoms with E-state index in [1.807, 2.05) is 25.1 Å². The van der Waals surface area contributed by atoms with Crippen molar-refractivity contribution in [3.63, 3.8) is 0 Å². The summed E-state index contributed by atoms with van der Waals surface area (Å²) in [5, 5.41) is 14.5. The Balaban J connectivity index is 1.90. The molecule has 0 unspecified atom stereocenters. The Labute approximate surface area is 220 Å². The lowest BCUT2D eigenvalue weighted by molar-refractivity contribution is 0.0698. The lowest BCUT2D eigenvalue weighted by atomic mass is 10.1. The average Bonchev–Trinajstić information content (AvgIpc) is 2.85. The summed E-state index contributed by atoms with van der Waals surface area (Å²) < 4.78 is 9.37. The Morgan fingerprint density at radius 3 is 2.51 bits per heavy atom. The third-order valence-electron chi connectivity index (χ3n) is 4.96. The van der Waals surface area contributed by atoms with Crippen molar-refractivity contribution in [2.45, 2.75) is 11.8 Å². The van der Waals surface area contributed by atoms with Crippen LogP contribution in [-0.4, -0.2) is 24.1 Å². The molecule has 3 aromatic rings. The normalized spacial score (nSPS) is 11.8. The first-order chi connectivity index (χ1) is 16.8. The van der Waals surface area contributed by atoms with Gasteiger partial charge in [-0.25, -0.2) is 4.79 Å². The summed E-state index contributed by atoms with van der Waals surface area (Å²) in [5.41, 5.74) is 1.35. The molecule has 180 valence electrons. The predicted octanol–water partition coefficient (Wildman–Crippen LogP) is 5.95. The summed E-state index contributed by atoms with van der Waals surface area (Å²) in [7, 11) is 1.55. The monoisotopic (exact) mass is 572 g/mol. The maximum absolute atomic E-state index is 12.9. The second-order valence-electron chi connectivity index (χ2n) is 7.13. The number of methoxy groups -OCH3 is 1. The number of nitrogens with one attached hydrogen (secondary N) is 2. The Morgan fingerprint density at radius 1 is 1.11 bits per heavy atom. The van der Waals surface area contributed by atoms with Crippen molar-refractivity contribution >= 4 is 74.9 Å². The molecule has 0 heterocycles. The molecular formula is C26H22BrClN2O4S. The molecule has 3 N–H and O–H groups in total. The number of allylic oxidation sites excluding steroid dienone is 1. The molecule has 0 radical (unpaired) electrons. The third kappa shape index (κ3) is 6.28. The zero-order valence-electron chi connectivity index (χ0n) is 18.9. The van der Waals surface area contributed by atoms with Gasteiger partial charge in [0.2, 0.25) is 0 Å². The zero-order chi connectivity index (χ0) is 25.5. The van der Waals surface area contributed by atoms with Gasteiger partial charge in [-0.3, -0.25) is 4.79 Å². The van der Waals surface area contributed by atoms with Gasteiger partial charge >= 0.3 is 5.97 Å². The van der Waals surface area contributed by atoms with Gasteiger partial charge in [0.15, 0.2) is 0 Å². The molecule has 3 rings (SSSR count). The molecule has 0 saturated heterocycles. The van der Waals surface area contributed by atoms with Gasteiger partial charge in [-0.15, -0.1) is 0 Å². The van der Waals surface area contributed by atoms with Crippen molar-refractivity contribution in [2.24, 2.45) is 0 Å². The van der Waals surface area contributed by atoms with Crippen LogP contribution < -0.4 is 25.2 Å². The molecule has 0 aromatic heterocycles. The predicted molar refractivity (Wildman–Crippen MR) is 147 cm³/mol. The second-order valence-corrected chi connectivity index (χ2v) is 9.30. The molecule has 3 aromatic carbocycles. The van der Waals surface area contributed by atoms with E-state index in [1.54, 1.807) is 43.5 Å². The fourth-order valence-corrected chi connectivity index (χ4v) is 4.73. The fourth-order valence-electron chi connectivity index (χ4n) is 3.30. The first-order valence-electron chi connectivity index (χ1n) is 10.3. The first-order valence-corrected chi connectivity index (χ1v) is 12.3. The molecule has 0 spiro atoms. The van der Waals surface area contributed by atoms with Gasteiger partial charge in [0, 0.05) is 25.5 Å². The summed E-state index contributed by atoms with van der Waals surface area (Å²) >= 11 is 10.9. The summed E-state index contributed by atoms with van der Waals surface area (Å²) in [5.74, 6) is -1.02. The number of benzene rings is 3. The SMILES string of the molecule is C=C/C=c1/c(Cl)ccc(NSc2cc(C(=O)Nc3ccc(Br)cc3C(=O)O)ccc2OC)/c1=C/C. The Bertz CT molecular complexity index is 1430. The molecule has 35 heavy (non-hydrogen) atoms. The number of carboxylic acids is 1. The third-order valence-corrected chi connectivity index (χ3v) is 6.65. The van der Waals surface area contributed by atoms with Crippen molar-refractivity contribution in [3.8, 4) is 5.75 Å². The minimum atomic E-state index is -1.14. The van der Waals surface area contributed by atoms with E-state index < -0.39 is 11.9 Å². The van der Waals surface area contributed by atoms with Crippen LogP contribution in [0.1, 0.15) is 27.6 Å². The van der Waals surface area contributed by atoms with Crippen LogP contribution in [-0.2, 0) is 0 Å². The van der Waals surface area contributed by atoms with Gasteiger partial charge in [0.05, 0.1) is 28.9 Å². The van der Waals surface area contributed by atoms with Crippen LogP contribution in [0.2, 0.25) is 5.02 Å². The van der Waals surface area contributed by atoms with E-state index in [1.165, 1.54) is 24.1 Å². The van der Waals surface area contributed by atoms with Crippen LogP contribution >= 0.6 is 39.5 Å². The van der Waals surface area contributed by atoms with Crippen LogP contribution in [0.15, 0.2) is 70.6 Å². The number of carbonyl (C=O) groups excluding carboxylic acids is 1. The smallest absolute Gasteiger partial charge is 0.337 e. The number of amides is 1. The van der Waals surface area contributed by atoms with E-state index >= 15 is 0 Å². The standard InChI is InChI=1S/C26H22BrClN2O4S/c1-4-6-18-17(5-2)22(11-9-20(18)28)30-35-24-13-15(7-12-23(24)34-3)25(31)29-21-10-8-16(27)14-19(21)26(32)33/h4-14,30H,1H2,2-3H3,(H,29,31)(H,32,33)/b17-5+,18-6+. The molecule has 0 fully saturated rings. The molecule has 0 aliphatic heterocycles. The van der Waals surface area contributed by atoms with Crippen LogP contribution in [0.4, 0.5) is 11.4 Å². The second kappa shape index (κ2) is 12.0. The summed E-state index contributed by atoms with van der Waals surface area (Å²) in [4.78, 5) is 25.2. The fraction of sp³-hybridized carbons (Fsp3) is 0.0769. The van der Waals surface area contributed by atoms with Crippen LogP contribution in [0.5, 0.6) is 5.75 Å². The number of carbonyl (C=O) groups is 2. The molecule has 0 aliphatic rings. The van der Waals surface area contributed by atoms with Gasteiger partial charge in [0.25, 0.3) is 5.91 Å². The number of carboxylic acid groups (broad SMARTS) is 1. The van der Waals surface area contributed by atoms with Crippen LogP contribution in [0.3, 0.4) is 0 Å². The maximum Gasteiger partial charge on any atom is 0.337 e. The van der Waals surface area contributed by atoms with Gasteiger partial charge < -0.3 is 19.9 Å². The Hall–Kier alpha value is -3.20. The topological polar surface area (TPSA) is 87.7 Å². The molecule has 9 heteroatoms. The number of rotatable bonds is 8. The quantitative estimate of drug-likeness (QED) is 0.289. The molecule has 0 atom stereocenters. The van der Waals surface area contributed by atoms with E-state index in [0.717, 1.165) is 16.1 Å². The summed E-state index contributed by atoms with van der Waals surface area (Å²) in [6.45, 7) is 5.67. The lowest BCUT2D eigenvalue weighted by Gasteiger charge is -2.13. The Morgan fingerprint density at radius 2 is 1.86 bits per heavy atom.